The molecule has 1 aliphatic carbocycles. The molecule has 2 aromatic rings. The smallest absolute Gasteiger partial charge is 0.349 e. The third-order valence-corrected chi connectivity index (χ3v) is 4.49. The molecule has 0 aromatic heterocycles. The van der Waals surface area contributed by atoms with Gasteiger partial charge < -0.3 is 5.32 Å². The van der Waals surface area contributed by atoms with Gasteiger partial charge in [-0.05, 0) is 48.9 Å². The van der Waals surface area contributed by atoms with Crippen LogP contribution in [0.5, 0.6) is 0 Å². The van der Waals surface area contributed by atoms with Crippen molar-refractivity contribution in [3.05, 3.63) is 70.8 Å². The van der Waals surface area contributed by atoms with Crippen molar-refractivity contribution < 1.29 is 18.0 Å². The molecule has 1 atom stereocenters. The van der Waals surface area contributed by atoms with Crippen LogP contribution in [-0.4, -0.2) is 5.91 Å². The lowest BCUT2D eigenvalue weighted by molar-refractivity contribution is -0.137. The summed E-state index contributed by atoms with van der Waals surface area (Å²) in [6.07, 6.45) is -2.12. The fourth-order valence-electron chi connectivity index (χ4n) is 2.90. The number of carbonyl (C=O) groups is 1. The SMILES string of the molecule is Cc1ccc(C(NC(=O)Cc2ccc(C(F)(F)F)cc2)C2CC2)cc1. The zero-order valence-corrected chi connectivity index (χ0v) is 13.9. The number of hydrogen-bond donors (Lipinski definition) is 1. The lowest BCUT2D eigenvalue weighted by Gasteiger charge is -2.19. The van der Waals surface area contributed by atoms with Crippen LogP contribution < -0.4 is 5.32 Å². The maximum absolute atomic E-state index is 12.6. The molecule has 1 N–H and O–H groups in total. The average molecular weight is 347 g/mol. The van der Waals surface area contributed by atoms with Crippen molar-refractivity contribution in [2.45, 2.75) is 38.4 Å². The summed E-state index contributed by atoms with van der Waals surface area (Å²) in [6, 6.07) is 12.8. The van der Waals surface area contributed by atoms with Crippen LogP contribution in [0.15, 0.2) is 48.5 Å². The van der Waals surface area contributed by atoms with Crippen LogP contribution in [0.25, 0.3) is 0 Å². The van der Waals surface area contributed by atoms with Crippen molar-refractivity contribution in [1.29, 1.82) is 0 Å². The average Bonchev–Trinajstić information content (AvgIpc) is 3.38. The normalized spacial score (nSPS) is 15.7. The molecule has 0 heterocycles. The molecule has 0 aliphatic heterocycles. The first-order valence-electron chi connectivity index (χ1n) is 8.35. The lowest BCUT2D eigenvalue weighted by atomic mass is 10.0. The lowest BCUT2D eigenvalue weighted by Crippen LogP contribution is -2.31. The van der Waals surface area contributed by atoms with E-state index in [0.29, 0.717) is 11.5 Å². The van der Waals surface area contributed by atoms with Crippen molar-refractivity contribution in [1.82, 2.24) is 5.32 Å². The second-order valence-electron chi connectivity index (χ2n) is 6.66. The Morgan fingerprint density at radius 1 is 1.08 bits per heavy atom. The van der Waals surface area contributed by atoms with E-state index in [0.717, 1.165) is 36.1 Å². The van der Waals surface area contributed by atoms with Gasteiger partial charge in [0.2, 0.25) is 5.91 Å². The van der Waals surface area contributed by atoms with E-state index < -0.39 is 11.7 Å². The number of benzene rings is 2. The first-order chi connectivity index (χ1) is 11.8. The number of hydrogen-bond acceptors (Lipinski definition) is 1. The number of carbonyl (C=O) groups excluding carboxylic acids is 1. The van der Waals surface area contributed by atoms with Gasteiger partial charge in [-0.3, -0.25) is 4.79 Å². The molecule has 1 unspecified atom stereocenters. The summed E-state index contributed by atoms with van der Waals surface area (Å²) in [5.74, 6) is 0.275. The third kappa shape index (κ3) is 4.62. The van der Waals surface area contributed by atoms with E-state index in [9.17, 15) is 18.0 Å². The van der Waals surface area contributed by atoms with E-state index in [1.165, 1.54) is 12.1 Å². The highest BCUT2D eigenvalue weighted by atomic mass is 19.4. The molecule has 0 bridgehead atoms. The molecule has 1 fully saturated rings. The van der Waals surface area contributed by atoms with Gasteiger partial charge in [-0.25, -0.2) is 0 Å². The predicted molar refractivity (Wildman–Crippen MR) is 89.9 cm³/mol. The van der Waals surface area contributed by atoms with E-state index in [4.69, 9.17) is 0 Å². The molecule has 2 aromatic carbocycles. The molecular formula is C20H20F3NO. The fourth-order valence-corrected chi connectivity index (χ4v) is 2.90. The highest BCUT2D eigenvalue weighted by Crippen LogP contribution is 2.41. The first-order valence-corrected chi connectivity index (χ1v) is 8.35. The highest BCUT2D eigenvalue weighted by molar-refractivity contribution is 5.79. The maximum atomic E-state index is 12.6. The van der Waals surface area contributed by atoms with Gasteiger partial charge in [0.15, 0.2) is 0 Å². The van der Waals surface area contributed by atoms with Crippen LogP contribution in [0, 0.1) is 12.8 Å². The Morgan fingerprint density at radius 3 is 2.20 bits per heavy atom. The number of halogens is 3. The van der Waals surface area contributed by atoms with E-state index >= 15 is 0 Å². The second-order valence-corrected chi connectivity index (χ2v) is 6.66. The Hall–Kier alpha value is -2.30. The molecule has 25 heavy (non-hydrogen) atoms. The monoisotopic (exact) mass is 347 g/mol. The molecule has 1 saturated carbocycles. The van der Waals surface area contributed by atoms with E-state index in [-0.39, 0.29) is 18.4 Å². The minimum absolute atomic E-state index is 0.0254. The van der Waals surface area contributed by atoms with Crippen LogP contribution in [0.2, 0.25) is 0 Å². The van der Waals surface area contributed by atoms with Gasteiger partial charge in [-0.2, -0.15) is 13.2 Å². The standard InChI is InChI=1S/C20H20F3NO/c1-13-2-6-15(7-3-13)19(16-8-9-16)24-18(25)12-14-4-10-17(11-5-14)20(21,22)23/h2-7,10-11,16,19H,8-9,12H2,1H3,(H,24,25). The molecule has 0 saturated heterocycles. The second kappa shape index (κ2) is 6.90. The molecule has 3 rings (SSSR count). The predicted octanol–water partition coefficient (Wildman–Crippen LogP) is 4.82. The Balaban J connectivity index is 1.65. The summed E-state index contributed by atoms with van der Waals surface area (Å²) >= 11 is 0. The van der Waals surface area contributed by atoms with Gasteiger partial charge in [-0.1, -0.05) is 42.0 Å². The highest BCUT2D eigenvalue weighted by Gasteiger charge is 2.33. The van der Waals surface area contributed by atoms with Crippen molar-refractivity contribution in [2.24, 2.45) is 5.92 Å². The van der Waals surface area contributed by atoms with Crippen LogP contribution in [0.1, 0.15) is 41.1 Å². The van der Waals surface area contributed by atoms with Crippen molar-refractivity contribution in [2.75, 3.05) is 0 Å². The molecular weight excluding hydrogens is 327 g/mol. The van der Waals surface area contributed by atoms with Gasteiger partial charge in [0.1, 0.15) is 0 Å². The van der Waals surface area contributed by atoms with E-state index in [2.05, 4.69) is 5.32 Å². The minimum atomic E-state index is -4.36. The van der Waals surface area contributed by atoms with Crippen LogP contribution in [0.4, 0.5) is 13.2 Å². The Morgan fingerprint density at radius 2 is 1.68 bits per heavy atom. The number of nitrogens with one attached hydrogen (secondary N) is 1. The number of aryl methyl sites for hydroxylation is 1. The van der Waals surface area contributed by atoms with Gasteiger partial charge in [-0.15, -0.1) is 0 Å². The van der Waals surface area contributed by atoms with E-state index in [1.54, 1.807) is 0 Å². The Kier molecular flexibility index (Phi) is 4.84. The fraction of sp³-hybridized carbons (Fsp3) is 0.350. The van der Waals surface area contributed by atoms with E-state index in [1.807, 2.05) is 31.2 Å². The number of rotatable bonds is 5. The quantitative estimate of drug-likeness (QED) is 0.825. The maximum Gasteiger partial charge on any atom is 0.416 e. The zero-order valence-electron chi connectivity index (χ0n) is 13.9. The van der Waals surface area contributed by atoms with Gasteiger partial charge in [0.05, 0.1) is 18.0 Å². The summed E-state index contributed by atoms with van der Waals surface area (Å²) in [4.78, 5) is 12.3. The summed E-state index contributed by atoms with van der Waals surface area (Å²) in [5, 5.41) is 3.05. The van der Waals surface area contributed by atoms with Gasteiger partial charge in [0, 0.05) is 0 Å². The van der Waals surface area contributed by atoms with Crippen molar-refractivity contribution >= 4 is 5.91 Å². The molecule has 1 aliphatic rings. The third-order valence-electron chi connectivity index (χ3n) is 4.49. The molecule has 0 radical (unpaired) electrons. The van der Waals surface area contributed by atoms with Crippen LogP contribution >= 0.6 is 0 Å². The summed E-state index contributed by atoms with van der Waals surface area (Å²) in [7, 11) is 0. The van der Waals surface area contributed by atoms with Gasteiger partial charge in [0.25, 0.3) is 0 Å². The number of amides is 1. The molecule has 2 nitrogen and oxygen atoms in total. The summed E-state index contributed by atoms with van der Waals surface area (Å²) in [6.45, 7) is 2.01. The minimum Gasteiger partial charge on any atom is -0.349 e. The topological polar surface area (TPSA) is 29.1 Å². The Labute approximate surface area is 145 Å². The van der Waals surface area contributed by atoms with Crippen LogP contribution in [0.3, 0.4) is 0 Å². The summed E-state index contributed by atoms with van der Waals surface area (Å²) in [5.41, 5.74) is 2.11. The van der Waals surface area contributed by atoms with Crippen molar-refractivity contribution in [3.63, 3.8) is 0 Å². The zero-order chi connectivity index (χ0) is 18.0. The summed E-state index contributed by atoms with van der Waals surface area (Å²) < 4.78 is 37.8. The number of alkyl halides is 3. The molecule has 0 spiro atoms. The van der Waals surface area contributed by atoms with Crippen molar-refractivity contribution in [3.8, 4) is 0 Å². The molecule has 5 heteroatoms. The Bertz CT molecular complexity index is 731. The van der Waals surface area contributed by atoms with Crippen LogP contribution in [-0.2, 0) is 17.4 Å². The van der Waals surface area contributed by atoms with Gasteiger partial charge >= 0.3 is 6.18 Å². The molecule has 132 valence electrons. The first kappa shape index (κ1) is 17.5. The molecule has 1 amide bonds. The largest absolute Gasteiger partial charge is 0.416 e.